The Kier molecular flexibility index (Phi) is 9.57. The third kappa shape index (κ3) is 7.87. The molecular formula is C32H35N3O5. The van der Waals surface area contributed by atoms with Crippen LogP contribution in [-0.2, 0) is 20.7 Å². The zero-order chi connectivity index (χ0) is 29.4. The number of carbonyl (C=O) groups is 3. The Hall–Kier alpha value is -4.77. The van der Waals surface area contributed by atoms with Crippen molar-refractivity contribution in [2.45, 2.75) is 58.7 Å². The minimum atomic E-state index is -1.27. The number of nitrogens with zero attached hydrogens (tertiary/aromatic N) is 1. The van der Waals surface area contributed by atoms with Crippen LogP contribution in [0.25, 0.3) is 0 Å². The number of hydrogen-bond acceptors (Lipinski definition) is 5. The first-order chi connectivity index (χ1) is 18.9. The predicted molar refractivity (Wildman–Crippen MR) is 154 cm³/mol. The van der Waals surface area contributed by atoms with Crippen molar-refractivity contribution in [3.63, 3.8) is 0 Å². The Balaban J connectivity index is 2.04. The number of phenolic OH excluding ortho intramolecular Hbond substituents is 1. The molecule has 3 aromatic carbocycles. The fourth-order valence-electron chi connectivity index (χ4n) is 4.11. The second kappa shape index (κ2) is 12.9. The molecule has 0 radical (unpaired) electrons. The van der Waals surface area contributed by atoms with Crippen molar-refractivity contribution >= 4 is 23.6 Å². The number of para-hydroxylation sites is 1. The summed E-state index contributed by atoms with van der Waals surface area (Å²) in [5.41, 5.74) is 2.26. The predicted octanol–water partition coefficient (Wildman–Crippen LogP) is 5.24. The molecule has 3 amide bonds. The highest BCUT2D eigenvalue weighted by molar-refractivity contribution is 6.00. The summed E-state index contributed by atoms with van der Waals surface area (Å²) in [6, 6.07) is 20.9. The molecule has 0 heterocycles. The van der Waals surface area contributed by atoms with E-state index in [0.29, 0.717) is 16.8 Å². The number of aryl methyl sites for hydroxylation is 2. The van der Waals surface area contributed by atoms with Crippen molar-refractivity contribution in [2.75, 3.05) is 5.32 Å². The fourth-order valence-corrected chi connectivity index (χ4v) is 4.11. The number of anilines is 1. The van der Waals surface area contributed by atoms with E-state index >= 15 is 0 Å². The van der Waals surface area contributed by atoms with Gasteiger partial charge in [-0.3, -0.25) is 14.5 Å². The number of carbonyl (C=O) groups excluding carboxylic acids is 3. The van der Waals surface area contributed by atoms with Crippen molar-refractivity contribution in [1.29, 1.82) is 0 Å². The second-order valence-electron chi connectivity index (χ2n) is 10.5. The molecule has 3 aromatic rings. The summed E-state index contributed by atoms with van der Waals surface area (Å²) in [4.78, 5) is 41.6. The van der Waals surface area contributed by atoms with Crippen LogP contribution < -0.4 is 10.6 Å². The number of alkyl carbamates (subject to hydrolysis) is 1. The van der Waals surface area contributed by atoms with E-state index in [1.807, 2.05) is 49.4 Å². The van der Waals surface area contributed by atoms with Crippen molar-refractivity contribution < 1.29 is 24.2 Å². The summed E-state index contributed by atoms with van der Waals surface area (Å²) in [6.45, 7) is 8.67. The minimum absolute atomic E-state index is 0.0361. The van der Waals surface area contributed by atoms with Crippen molar-refractivity contribution in [2.24, 2.45) is 0 Å². The van der Waals surface area contributed by atoms with Crippen LogP contribution in [0.4, 0.5) is 10.5 Å². The lowest BCUT2D eigenvalue weighted by molar-refractivity contribution is -0.136. The van der Waals surface area contributed by atoms with Gasteiger partial charge < -0.3 is 20.5 Å². The molecule has 0 spiro atoms. The van der Waals surface area contributed by atoms with Crippen molar-refractivity contribution in [3.8, 4) is 18.2 Å². The second-order valence-corrected chi connectivity index (χ2v) is 10.5. The van der Waals surface area contributed by atoms with Gasteiger partial charge in [0.25, 0.3) is 11.8 Å². The Labute approximate surface area is 235 Å². The average Bonchev–Trinajstić information content (AvgIpc) is 2.89. The molecule has 0 fully saturated rings. The average molecular weight is 542 g/mol. The van der Waals surface area contributed by atoms with Gasteiger partial charge >= 0.3 is 6.09 Å². The Bertz CT molecular complexity index is 1410. The Morgan fingerprint density at radius 1 is 0.975 bits per heavy atom. The standard InChI is InChI=1S/C32H35N3O5/c1-7-35(30(38)26(20-23-14-9-8-10-15-23)34-31(39)40-32(4,5)6)28(24-17-18-27(36)22(3)19-24)29(37)33-25-16-12-11-13-21(25)2/h1,8-19,26,28,36H,20H2,2-6H3,(H,33,37)(H,34,39). The number of hydrogen-bond donors (Lipinski definition) is 3. The molecule has 0 bridgehead atoms. The van der Waals surface area contributed by atoms with E-state index in [9.17, 15) is 19.5 Å². The summed E-state index contributed by atoms with van der Waals surface area (Å²) in [5.74, 6) is -1.19. The van der Waals surface area contributed by atoms with Gasteiger partial charge in [-0.1, -0.05) is 61.0 Å². The van der Waals surface area contributed by atoms with Gasteiger partial charge in [-0.2, -0.15) is 0 Å². The highest BCUT2D eigenvalue weighted by atomic mass is 16.6. The van der Waals surface area contributed by atoms with E-state index < -0.39 is 35.6 Å². The molecule has 0 saturated carbocycles. The van der Waals surface area contributed by atoms with E-state index in [1.54, 1.807) is 45.9 Å². The van der Waals surface area contributed by atoms with Gasteiger partial charge in [0.2, 0.25) is 0 Å². The molecule has 2 unspecified atom stereocenters. The number of benzene rings is 3. The summed E-state index contributed by atoms with van der Waals surface area (Å²) >= 11 is 0. The van der Waals surface area contributed by atoms with Crippen LogP contribution >= 0.6 is 0 Å². The van der Waals surface area contributed by atoms with E-state index in [1.165, 1.54) is 12.1 Å². The number of nitrogens with one attached hydrogen (secondary N) is 2. The van der Waals surface area contributed by atoms with Crippen molar-refractivity contribution in [1.82, 2.24) is 10.2 Å². The number of amides is 3. The van der Waals surface area contributed by atoms with Gasteiger partial charge in [-0.15, -0.1) is 0 Å². The normalized spacial score (nSPS) is 12.4. The van der Waals surface area contributed by atoms with Crippen LogP contribution in [0.1, 0.15) is 49.1 Å². The maximum absolute atomic E-state index is 14.1. The van der Waals surface area contributed by atoms with Gasteiger partial charge in [0.15, 0.2) is 0 Å². The molecule has 8 nitrogen and oxygen atoms in total. The van der Waals surface area contributed by atoms with Crippen LogP contribution in [-0.4, -0.2) is 39.6 Å². The fraction of sp³-hybridized carbons (Fsp3) is 0.281. The first kappa shape index (κ1) is 29.8. The minimum Gasteiger partial charge on any atom is -0.508 e. The summed E-state index contributed by atoms with van der Waals surface area (Å²) in [7, 11) is 0. The lowest BCUT2D eigenvalue weighted by Gasteiger charge is -2.31. The largest absolute Gasteiger partial charge is 0.508 e. The number of rotatable bonds is 8. The van der Waals surface area contributed by atoms with Gasteiger partial charge in [0.1, 0.15) is 23.4 Å². The molecule has 3 rings (SSSR count). The zero-order valence-electron chi connectivity index (χ0n) is 23.4. The van der Waals surface area contributed by atoms with E-state index in [0.717, 1.165) is 16.0 Å². The van der Waals surface area contributed by atoms with Crippen LogP contribution in [0.15, 0.2) is 72.8 Å². The highest BCUT2D eigenvalue weighted by Crippen LogP contribution is 2.28. The van der Waals surface area contributed by atoms with Crippen LogP contribution in [0, 0.1) is 26.3 Å². The molecular weight excluding hydrogens is 506 g/mol. The smallest absolute Gasteiger partial charge is 0.408 e. The third-order valence-corrected chi connectivity index (χ3v) is 6.09. The molecule has 8 heteroatoms. The van der Waals surface area contributed by atoms with Gasteiger partial charge in [-0.25, -0.2) is 4.79 Å². The summed E-state index contributed by atoms with van der Waals surface area (Å²) in [5, 5.41) is 15.6. The number of aromatic hydroxyl groups is 1. The maximum Gasteiger partial charge on any atom is 0.408 e. The lowest BCUT2D eigenvalue weighted by atomic mass is 9.99. The molecule has 2 atom stereocenters. The first-order valence-electron chi connectivity index (χ1n) is 12.9. The van der Waals surface area contributed by atoms with E-state index in [-0.39, 0.29) is 12.2 Å². The molecule has 0 aliphatic rings. The molecule has 0 aliphatic heterocycles. The highest BCUT2D eigenvalue weighted by Gasteiger charge is 2.36. The van der Waals surface area contributed by atoms with Gasteiger partial charge in [0, 0.05) is 18.2 Å². The topological polar surface area (TPSA) is 108 Å². The van der Waals surface area contributed by atoms with E-state index in [2.05, 4.69) is 16.7 Å². The summed E-state index contributed by atoms with van der Waals surface area (Å²) in [6.07, 6.45) is 5.20. The van der Waals surface area contributed by atoms with Crippen LogP contribution in [0.3, 0.4) is 0 Å². The van der Waals surface area contributed by atoms with Crippen molar-refractivity contribution in [3.05, 3.63) is 95.1 Å². The van der Waals surface area contributed by atoms with Gasteiger partial charge in [0.05, 0.1) is 0 Å². The molecule has 40 heavy (non-hydrogen) atoms. The molecule has 0 aromatic heterocycles. The quantitative estimate of drug-likeness (QED) is 0.267. The lowest BCUT2D eigenvalue weighted by Crippen LogP contribution is -2.51. The van der Waals surface area contributed by atoms with Crippen LogP contribution in [0.2, 0.25) is 0 Å². The molecule has 0 aliphatic carbocycles. The SMILES string of the molecule is C#CN(C(=O)C(Cc1ccccc1)NC(=O)OC(C)(C)C)C(C(=O)Nc1ccccc1C)c1ccc(O)c(C)c1. The third-order valence-electron chi connectivity index (χ3n) is 6.09. The van der Waals surface area contributed by atoms with Gasteiger partial charge in [-0.05, 0) is 75.1 Å². The molecule has 3 N–H and O–H groups in total. The van der Waals surface area contributed by atoms with Crippen LogP contribution in [0.5, 0.6) is 5.75 Å². The van der Waals surface area contributed by atoms with E-state index in [4.69, 9.17) is 11.2 Å². The summed E-state index contributed by atoms with van der Waals surface area (Å²) < 4.78 is 5.40. The Morgan fingerprint density at radius 3 is 2.23 bits per heavy atom. The Morgan fingerprint density at radius 2 is 1.62 bits per heavy atom. The first-order valence-corrected chi connectivity index (χ1v) is 12.9. The molecule has 0 saturated heterocycles. The number of ether oxygens (including phenoxy) is 1. The monoisotopic (exact) mass is 541 g/mol. The maximum atomic E-state index is 14.1. The number of terminal acetylenes is 1. The molecule has 208 valence electrons. The zero-order valence-corrected chi connectivity index (χ0v) is 23.4. The number of phenols is 1.